The Bertz CT molecular complexity index is 1100. The molecule has 1 aliphatic heterocycles. The van der Waals surface area contributed by atoms with Crippen LogP contribution in [0.4, 0.5) is 4.39 Å². The summed E-state index contributed by atoms with van der Waals surface area (Å²) < 4.78 is 25.3. The molecule has 0 saturated heterocycles. The molecule has 0 saturated carbocycles. The van der Waals surface area contributed by atoms with Gasteiger partial charge in [0.05, 0.1) is 10.6 Å². The van der Waals surface area contributed by atoms with E-state index in [0.29, 0.717) is 23.7 Å². The Hall–Kier alpha value is -3.37. The molecule has 0 radical (unpaired) electrons. The van der Waals surface area contributed by atoms with Gasteiger partial charge in [0.15, 0.2) is 5.76 Å². The number of allylic oxidation sites excluding steroid dienone is 1. The minimum atomic E-state index is -0.522. The maximum Gasteiger partial charge on any atom is 0.231 e. The summed E-state index contributed by atoms with van der Waals surface area (Å²) in [5.41, 5.74) is 1.60. The van der Waals surface area contributed by atoms with Crippen molar-refractivity contribution < 1.29 is 18.7 Å². The van der Waals surface area contributed by atoms with Crippen LogP contribution in [-0.4, -0.2) is 12.4 Å². The molecule has 0 spiro atoms. The van der Waals surface area contributed by atoms with E-state index in [-0.39, 0.29) is 22.1 Å². The first kappa shape index (κ1) is 19.0. The molecular formula is C24H16ClFO3. The van der Waals surface area contributed by atoms with Crippen LogP contribution in [0, 0.1) is 5.82 Å². The van der Waals surface area contributed by atoms with E-state index in [1.807, 2.05) is 42.5 Å². The van der Waals surface area contributed by atoms with Gasteiger partial charge in [0.1, 0.15) is 23.9 Å². The molecule has 0 aromatic heterocycles. The third kappa shape index (κ3) is 4.23. The van der Waals surface area contributed by atoms with Gasteiger partial charge in [-0.15, -0.1) is 0 Å². The largest absolute Gasteiger partial charge is 0.489 e. The number of halogens is 2. The van der Waals surface area contributed by atoms with Gasteiger partial charge >= 0.3 is 0 Å². The lowest BCUT2D eigenvalue weighted by Gasteiger charge is -2.05. The second-order valence-corrected chi connectivity index (χ2v) is 6.76. The van der Waals surface area contributed by atoms with E-state index in [2.05, 4.69) is 0 Å². The normalized spacial score (nSPS) is 14.3. The smallest absolute Gasteiger partial charge is 0.231 e. The van der Waals surface area contributed by atoms with Gasteiger partial charge in [-0.1, -0.05) is 54.1 Å². The zero-order valence-electron chi connectivity index (χ0n) is 15.3. The second-order valence-electron chi connectivity index (χ2n) is 6.36. The first-order chi connectivity index (χ1) is 14.1. The number of carbonyl (C=O) groups excluding carboxylic acids is 1. The molecule has 0 aliphatic carbocycles. The molecule has 0 amide bonds. The third-order valence-corrected chi connectivity index (χ3v) is 4.70. The van der Waals surface area contributed by atoms with Crippen LogP contribution < -0.4 is 9.47 Å². The predicted octanol–water partition coefficient (Wildman–Crippen LogP) is 6.19. The van der Waals surface area contributed by atoms with Gasteiger partial charge < -0.3 is 9.47 Å². The summed E-state index contributed by atoms with van der Waals surface area (Å²) in [5, 5.41) is 0.207. The van der Waals surface area contributed by atoms with Gasteiger partial charge in [-0.3, -0.25) is 4.79 Å². The topological polar surface area (TPSA) is 35.5 Å². The zero-order valence-corrected chi connectivity index (χ0v) is 16.0. The molecular weight excluding hydrogens is 391 g/mol. The molecule has 3 aromatic carbocycles. The fourth-order valence-corrected chi connectivity index (χ4v) is 3.15. The van der Waals surface area contributed by atoms with Gasteiger partial charge in [0, 0.05) is 11.6 Å². The van der Waals surface area contributed by atoms with Crippen molar-refractivity contribution >= 4 is 29.5 Å². The Morgan fingerprint density at radius 1 is 1.03 bits per heavy atom. The van der Waals surface area contributed by atoms with E-state index in [9.17, 15) is 9.18 Å². The molecule has 29 heavy (non-hydrogen) atoms. The van der Waals surface area contributed by atoms with E-state index in [0.717, 1.165) is 5.56 Å². The van der Waals surface area contributed by atoms with Crippen molar-refractivity contribution in [3.63, 3.8) is 0 Å². The Kier molecular flexibility index (Phi) is 5.45. The third-order valence-electron chi connectivity index (χ3n) is 4.37. The van der Waals surface area contributed by atoms with Crippen LogP contribution in [0.15, 0.2) is 78.6 Å². The fraction of sp³-hybridized carbons (Fsp3) is 0.0417. The van der Waals surface area contributed by atoms with E-state index in [1.54, 1.807) is 24.3 Å². The highest BCUT2D eigenvalue weighted by Crippen LogP contribution is 2.35. The molecule has 5 heteroatoms. The molecule has 1 aliphatic rings. The zero-order chi connectivity index (χ0) is 20.2. The van der Waals surface area contributed by atoms with Gasteiger partial charge in [0.25, 0.3) is 0 Å². The van der Waals surface area contributed by atoms with Crippen LogP contribution >= 0.6 is 11.6 Å². The van der Waals surface area contributed by atoms with Crippen molar-refractivity contribution in [3.8, 4) is 11.5 Å². The highest BCUT2D eigenvalue weighted by molar-refractivity contribution is 6.32. The molecule has 0 unspecified atom stereocenters. The number of ether oxygens (including phenoxy) is 2. The van der Waals surface area contributed by atoms with Crippen LogP contribution in [0.1, 0.15) is 21.5 Å². The van der Waals surface area contributed by atoms with Crippen LogP contribution in [0.3, 0.4) is 0 Å². The summed E-state index contributed by atoms with van der Waals surface area (Å²) >= 11 is 6.03. The van der Waals surface area contributed by atoms with E-state index >= 15 is 0 Å². The standard InChI is InChI=1S/C24H16ClFO3/c25-20-9-4-10-21(26)19(20)15-23-24(27)18-12-11-17(14-22(18)29-23)28-13-5-8-16-6-2-1-3-7-16/h1-12,14-15H,13H2. The number of rotatable bonds is 5. The SMILES string of the molecule is O=C1C(=Cc2c(F)cccc2Cl)Oc2cc(OCC=Cc3ccccc3)ccc21. The lowest BCUT2D eigenvalue weighted by molar-refractivity contribution is 0.101. The monoisotopic (exact) mass is 406 g/mol. The molecule has 3 aromatic rings. The van der Waals surface area contributed by atoms with E-state index in [1.165, 1.54) is 18.2 Å². The van der Waals surface area contributed by atoms with Crippen LogP contribution in [-0.2, 0) is 0 Å². The average molecular weight is 407 g/mol. The predicted molar refractivity (Wildman–Crippen MR) is 112 cm³/mol. The van der Waals surface area contributed by atoms with Crippen LogP contribution in [0.5, 0.6) is 11.5 Å². The van der Waals surface area contributed by atoms with Crippen molar-refractivity contribution in [1.29, 1.82) is 0 Å². The number of benzene rings is 3. The van der Waals surface area contributed by atoms with Gasteiger partial charge in [-0.05, 0) is 42.0 Å². The van der Waals surface area contributed by atoms with Crippen molar-refractivity contribution in [1.82, 2.24) is 0 Å². The lowest BCUT2D eigenvalue weighted by Crippen LogP contribution is -1.99. The summed E-state index contributed by atoms with van der Waals surface area (Å²) in [7, 11) is 0. The number of ketones is 1. The summed E-state index contributed by atoms with van der Waals surface area (Å²) in [6.45, 7) is 0.370. The maximum absolute atomic E-state index is 14.0. The Labute approximate surface area is 172 Å². The first-order valence-electron chi connectivity index (χ1n) is 8.98. The summed E-state index contributed by atoms with van der Waals surface area (Å²) in [6, 6.07) is 19.2. The molecule has 1 heterocycles. The summed E-state index contributed by atoms with van der Waals surface area (Å²) in [6.07, 6.45) is 5.19. The molecule has 144 valence electrons. The fourth-order valence-electron chi connectivity index (χ4n) is 2.93. The van der Waals surface area contributed by atoms with Crippen LogP contribution in [0.2, 0.25) is 5.02 Å². The Morgan fingerprint density at radius 2 is 1.86 bits per heavy atom. The van der Waals surface area contributed by atoms with Crippen LogP contribution in [0.25, 0.3) is 12.2 Å². The number of carbonyl (C=O) groups is 1. The van der Waals surface area contributed by atoms with Crippen molar-refractivity contribution in [3.05, 3.63) is 106 Å². The number of Topliss-reactive ketones (excluding diaryl/α,β-unsaturated/α-hetero) is 1. The molecule has 0 bridgehead atoms. The molecule has 4 rings (SSSR count). The lowest BCUT2D eigenvalue weighted by atomic mass is 10.1. The maximum atomic E-state index is 14.0. The van der Waals surface area contributed by atoms with Gasteiger partial charge in [-0.2, -0.15) is 0 Å². The van der Waals surface area contributed by atoms with Crippen molar-refractivity contribution in [2.24, 2.45) is 0 Å². The molecule has 0 atom stereocenters. The first-order valence-corrected chi connectivity index (χ1v) is 9.36. The second kappa shape index (κ2) is 8.33. The summed E-state index contributed by atoms with van der Waals surface area (Å²) in [5.74, 6) is 0.118. The van der Waals surface area contributed by atoms with E-state index < -0.39 is 5.82 Å². The minimum Gasteiger partial charge on any atom is -0.489 e. The van der Waals surface area contributed by atoms with Gasteiger partial charge in [0.2, 0.25) is 5.78 Å². The van der Waals surface area contributed by atoms with Gasteiger partial charge in [-0.25, -0.2) is 4.39 Å². The Morgan fingerprint density at radius 3 is 2.66 bits per heavy atom. The highest BCUT2D eigenvalue weighted by Gasteiger charge is 2.28. The number of hydrogen-bond acceptors (Lipinski definition) is 3. The molecule has 0 N–H and O–H groups in total. The quantitative estimate of drug-likeness (QED) is 0.474. The number of hydrogen-bond donors (Lipinski definition) is 0. The molecule has 3 nitrogen and oxygen atoms in total. The van der Waals surface area contributed by atoms with E-state index in [4.69, 9.17) is 21.1 Å². The molecule has 0 fully saturated rings. The average Bonchev–Trinajstić information content (AvgIpc) is 3.04. The Balaban J connectivity index is 1.47. The van der Waals surface area contributed by atoms with Crippen molar-refractivity contribution in [2.45, 2.75) is 0 Å². The summed E-state index contributed by atoms with van der Waals surface area (Å²) in [4.78, 5) is 12.5. The minimum absolute atomic E-state index is 0.0214. The van der Waals surface area contributed by atoms with Crippen molar-refractivity contribution in [2.75, 3.05) is 6.61 Å². The highest BCUT2D eigenvalue weighted by atomic mass is 35.5. The number of fused-ring (bicyclic) bond motifs is 1.